The van der Waals surface area contributed by atoms with Crippen molar-refractivity contribution in [1.29, 1.82) is 0 Å². The third-order valence-electron chi connectivity index (χ3n) is 5.66. The van der Waals surface area contributed by atoms with Crippen molar-refractivity contribution in [2.24, 2.45) is 0 Å². The maximum atomic E-state index is 13.3. The van der Waals surface area contributed by atoms with E-state index in [2.05, 4.69) is 15.6 Å². The van der Waals surface area contributed by atoms with Crippen molar-refractivity contribution in [3.63, 3.8) is 0 Å². The Kier molecular flexibility index (Phi) is 6.65. The highest BCUT2D eigenvalue weighted by atomic mass is 32.1. The molecule has 0 spiro atoms. The molecule has 0 radical (unpaired) electrons. The molecule has 1 aliphatic rings. The van der Waals surface area contributed by atoms with Crippen LogP contribution in [0.15, 0.2) is 79.0 Å². The van der Waals surface area contributed by atoms with Crippen LogP contribution in [0, 0.1) is 0 Å². The number of carbonyl (C=O) groups excluding carboxylic acids is 2. The first kappa shape index (κ1) is 22.4. The molecule has 1 aromatic heterocycles. The Morgan fingerprint density at radius 2 is 1.82 bits per heavy atom. The fourth-order valence-corrected chi connectivity index (χ4v) is 4.36. The van der Waals surface area contributed by atoms with Crippen molar-refractivity contribution in [3.05, 3.63) is 90.3 Å². The van der Waals surface area contributed by atoms with E-state index >= 15 is 0 Å². The van der Waals surface area contributed by atoms with Gasteiger partial charge in [0, 0.05) is 30.5 Å². The highest BCUT2D eigenvalue weighted by Gasteiger charge is 2.53. The van der Waals surface area contributed by atoms with E-state index in [-0.39, 0.29) is 18.2 Å². The minimum absolute atomic E-state index is 0.1000. The maximum absolute atomic E-state index is 13.3. The zero-order valence-corrected chi connectivity index (χ0v) is 19.0. The van der Waals surface area contributed by atoms with Crippen LogP contribution in [0.1, 0.15) is 17.7 Å². The lowest BCUT2D eigenvalue weighted by atomic mass is 9.84. The fraction of sp³-hybridized carbons (Fsp3) is 0.200. The number of hydrogen-bond donors (Lipinski definition) is 2. The first-order valence-corrected chi connectivity index (χ1v) is 11.0. The van der Waals surface area contributed by atoms with E-state index < -0.39 is 5.54 Å². The molecule has 1 unspecified atom stereocenters. The standard InChI is InChI=1S/C25H24N4O3S/c1-32-21-12-10-20(11-13-21)27-22(30)17-25(18-7-3-2-4-8-18)23(31)28-24(33)29(25)16-14-19-9-5-6-15-26-19/h2-13,15H,14,16-17H2,1H3,(H,27,30)(H,28,31,33). The number of aromatic nitrogens is 1. The Labute approximate surface area is 197 Å². The van der Waals surface area contributed by atoms with E-state index in [1.807, 2.05) is 53.4 Å². The Hall–Kier alpha value is -3.78. The van der Waals surface area contributed by atoms with E-state index in [4.69, 9.17) is 17.0 Å². The van der Waals surface area contributed by atoms with Crippen LogP contribution in [0.2, 0.25) is 0 Å². The van der Waals surface area contributed by atoms with Gasteiger partial charge in [-0.25, -0.2) is 0 Å². The molecule has 2 amide bonds. The van der Waals surface area contributed by atoms with Crippen molar-refractivity contribution in [2.45, 2.75) is 18.4 Å². The summed E-state index contributed by atoms with van der Waals surface area (Å²) in [6.07, 6.45) is 2.20. The normalized spacial score (nSPS) is 17.5. The zero-order chi connectivity index (χ0) is 23.3. The molecule has 0 saturated carbocycles. The molecule has 33 heavy (non-hydrogen) atoms. The lowest BCUT2D eigenvalue weighted by Crippen LogP contribution is -2.50. The highest BCUT2D eigenvalue weighted by molar-refractivity contribution is 7.80. The molecule has 8 heteroatoms. The molecule has 1 aliphatic heterocycles. The second kappa shape index (κ2) is 9.79. The molecule has 1 saturated heterocycles. The molecule has 168 valence electrons. The topological polar surface area (TPSA) is 83.6 Å². The Bertz CT molecular complexity index is 1140. The first-order valence-electron chi connectivity index (χ1n) is 10.6. The summed E-state index contributed by atoms with van der Waals surface area (Å²) >= 11 is 5.52. The van der Waals surface area contributed by atoms with Gasteiger partial charge in [-0.15, -0.1) is 0 Å². The summed E-state index contributed by atoms with van der Waals surface area (Å²) in [5.41, 5.74) is 0.937. The van der Waals surface area contributed by atoms with Crippen molar-refractivity contribution in [2.75, 3.05) is 19.0 Å². The summed E-state index contributed by atoms with van der Waals surface area (Å²) < 4.78 is 5.17. The van der Waals surface area contributed by atoms with Gasteiger partial charge >= 0.3 is 0 Å². The quantitative estimate of drug-likeness (QED) is 0.502. The van der Waals surface area contributed by atoms with Crippen molar-refractivity contribution < 1.29 is 14.3 Å². The SMILES string of the molecule is COc1ccc(NC(=O)CC2(c3ccccc3)C(=O)NC(=S)N2CCc2ccccn2)cc1. The van der Waals surface area contributed by atoms with Gasteiger partial charge in [-0.1, -0.05) is 36.4 Å². The van der Waals surface area contributed by atoms with Crippen LogP contribution in [-0.2, 0) is 21.5 Å². The second-order valence-corrected chi connectivity index (χ2v) is 8.05. The van der Waals surface area contributed by atoms with Crippen LogP contribution in [-0.4, -0.2) is 40.5 Å². The lowest BCUT2D eigenvalue weighted by Gasteiger charge is -2.36. The average molecular weight is 461 g/mol. The average Bonchev–Trinajstić information content (AvgIpc) is 3.08. The molecule has 1 atom stereocenters. The molecule has 0 aliphatic carbocycles. The smallest absolute Gasteiger partial charge is 0.257 e. The fourth-order valence-electron chi connectivity index (χ4n) is 4.02. The van der Waals surface area contributed by atoms with Gasteiger partial charge in [0.05, 0.1) is 13.5 Å². The van der Waals surface area contributed by atoms with Crippen LogP contribution in [0.4, 0.5) is 5.69 Å². The number of benzene rings is 2. The maximum Gasteiger partial charge on any atom is 0.257 e. The summed E-state index contributed by atoms with van der Waals surface area (Å²) in [6, 6.07) is 22.0. The molecule has 2 aromatic carbocycles. The van der Waals surface area contributed by atoms with Gasteiger partial charge in [-0.3, -0.25) is 14.6 Å². The number of rotatable bonds is 8. The molecule has 2 heterocycles. The van der Waals surface area contributed by atoms with Crippen LogP contribution in [0.25, 0.3) is 0 Å². The Morgan fingerprint density at radius 1 is 1.09 bits per heavy atom. The summed E-state index contributed by atoms with van der Waals surface area (Å²) in [5, 5.41) is 5.97. The number of carbonyl (C=O) groups is 2. The summed E-state index contributed by atoms with van der Waals surface area (Å²) in [5.74, 6) is 0.0753. The first-order chi connectivity index (χ1) is 16.0. The molecule has 0 bridgehead atoms. The number of anilines is 1. The second-order valence-electron chi connectivity index (χ2n) is 7.66. The predicted octanol–water partition coefficient (Wildman–Crippen LogP) is 3.27. The molecule has 1 fully saturated rings. The van der Waals surface area contributed by atoms with E-state index in [0.29, 0.717) is 35.1 Å². The highest BCUT2D eigenvalue weighted by Crippen LogP contribution is 2.37. The number of methoxy groups -OCH3 is 1. The Morgan fingerprint density at radius 3 is 2.48 bits per heavy atom. The van der Waals surface area contributed by atoms with Gasteiger partial charge in [0.25, 0.3) is 5.91 Å². The van der Waals surface area contributed by atoms with Crippen molar-refractivity contribution in [1.82, 2.24) is 15.2 Å². The lowest BCUT2D eigenvalue weighted by molar-refractivity contribution is -0.131. The van der Waals surface area contributed by atoms with E-state index in [0.717, 1.165) is 5.69 Å². The van der Waals surface area contributed by atoms with Gasteiger partial charge < -0.3 is 20.3 Å². The predicted molar refractivity (Wildman–Crippen MR) is 130 cm³/mol. The summed E-state index contributed by atoms with van der Waals surface area (Å²) in [4.78, 5) is 32.7. The zero-order valence-electron chi connectivity index (χ0n) is 18.2. The van der Waals surface area contributed by atoms with E-state index in [1.54, 1.807) is 37.6 Å². The number of ether oxygens (including phenoxy) is 1. The number of pyridine rings is 1. The molecule has 7 nitrogen and oxygen atoms in total. The molecular formula is C25H24N4O3S. The minimum atomic E-state index is -1.26. The van der Waals surface area contributed by atoms with Crippen LogP contribution in [0.5, 0.6) is 5.75 Å². The number of hydrogen-bond acceptors (Lipinski definition) is 5. The summed E-state index contributed by atoms with van der Waals surface area (Å²) in [6.45, 7) is 0.430. The van der Waals surface area contributed by atoms with Crippen LogP contribution < -0.4 is 15.4 Å². The van der Waals surface area contributed by atoms with Gasteiger partial charge in [0.1, 0.15) is 5.75 Å². The van der Waals surface area contributed by atoms with Gasteiger partial charge in [0.15, 0.2) is 10.7 Å². The van der Waals surface area contributed by atoms with Crippen molar-refractivity contribution in [3.8, 4) is 5.75 Å². The van der Waals surface area contributed by atoms with Gasteiger partial charge in [-0.05, 0) is 54.2 Å². The van der Waals surface area contributed by atoms with Crippen LogP contribution in [0.3, 0.4) is 0 Å². The summed E-state index contributed by atoms with van der Waals surface area (Å²) in [7, 11) is 1.58. The van der Waals surface area contributed by atoms with Gasteiger partial charge in [-0.2, -0.15) is 0 Å². The third kappa shape index (κ3) is 4.70. The van der Waals surface area contributed by atoms with Crippen LogP contribution >= 0.6 is 12.2 Å². The molecule has 4 rings (SSSR count). The monoisotopic (exact) mass is 460 g/mol. The number of thiocarbonyl (C=S) groups is 1. The number of amides is 2. The largest absolute Gasteiger partial charge is 0.497 e. The van der Waals surface area contributed by atoms with E-state index in [9.17, 15) is 9.59 Å². The third-order valence-corrected chi connectivity index (χ3v) is 5.98. The van der Waals surface area contributed by atoms with Gasteiger partial charge in [0.2, 0.25) is 5.91 Å². The number of nitrogens with one attached hydrogen (secondary N) is 2. The Balaban J connectivity index is 1.63. The van der Waals surface area contributed by atoms with Crippen molar-refractivity contribution >= 4 is 34.8 Å². The van der Waals surface area contributed by atoms with E-state index in [1.165, 1.54) is 0 Å². The minimum Gasteiger partial charge on any atom is -0.497 e. The molecule has 3 aromatic rings. The molecule has 2 N–H and O–H groups in total. The molecular weight excluding hydrogens is 436 g/mol. The number of nitrogens with zero attached hydrogens (tertiary/aromatic N) is 2.